The van der Waals surface area contributed by atoms with Crippen molar-refractivity contribution in [2.45, 2.75) is 19.8 Å². The molecule has 0 aliphatic heterocycles. The van der Waals surface area contributed by atoms with Crippen molar-refractivity contribution < 1.29 is 4.42 Å². The van der Waals surface area contributed by atoms with Crippen LogP contribution in [0.5, 0.6) is 0 Å². The zero-order valence-corrected chi connectivity index (χ0v) is 10.7. The Kier molecular flexibility index (Phi) is 2.67. The molecule has 0 fully saturated rings. The van der Waals surface area contributed by atoms with E-state index in [1.165, 1.54) is 10.9 Å². The fraction of sp³-hybridized carbons (Fsp3) is 0.176. The minimum absolute atomic E-state index is 0.475. The molecule has 0 saturated heterocycles. The first-order valence-electron chi connectivity index (χ1n) is 6.33. The molecule has 0 atom stereocenters. The Morgan fingerprint density at radius 1 is 0.889 bits per heavy atom. The number of benzene rings is 2. The first-order valence-corrected chi connectivity index (χ1v) is 6.33. The van der Waals surface area contributed by atoms with Crippen molar-refractivity contribution in [1.82, 2.24) is 0 Å². The summed E-state index contributed by atoms with van der Waals surface area (Å²) < 4.78 is 6.05. The molecule has 0 aliphatic rings. The molecule has 1 heteroatoms. The third kappa shape index (κ3) is 1.82. The van der Waals surface area contributed by atoms with Crippen molar-refractivity contribution in [3.05, 3.63) is 60.2 Å². The second kappa shape index (κ2) is 4.34. The largest absolute Gasteiger partial charge is 0.456 e. The second-order valence-electron chi connectivity index (χ2n) is 4.90. The highest BCUT2D eigenvalue weighted by Crippen LogP contribution is 2.32. The summed E-state index contributed by atoms with van der Waals surface area (Å²) >= 11 is 0. The van der Waals surface area contributed by atoms with Crippen LogP contribution >= 0.6 is 0 Å². The lowest BCUT2D eigenvalue weighted by Crippen LogP contribution is -1.86. The second-order valence-corrected chi connectivity index (χ2v) is 4.90. The van der Waals surface area contributed by atoms with Crippen LogP contribution in [-0.2, 0) is 0 Å². The van der Waals surface area contributed by atoms with Crippen LogP contribution in [0.25, 0.3) is 22.3 Å². The normalized spacial score (nSPS) is 11.3. The van der Waals surface area contributed by atoms with E-state index >= 15 is 0 Å². The molecule has 18 heavy (non-hydrogen) atoms. The average molecular weight is 236 g/mol. The molecule has 0 radical (unpaired) electrons. The summed E-state index contributed by atoms with van der Waals surface area (Å²) in [7, 11) is 0. The summed E-state index contributed by atoms with van der Waals surface area (Å²) in [4.78, 5) is 0. The molecule has 1 aromatic heterocycles. The average Bonchev–Trinajstić information content (AvgIpc) is 2.83. The summed E-state index contributed by atoms with van der Waals surface area (Å²) in [5, 5.41) is 1.18. The van der Waals surface area contributed by atoms with Gasteiger partial charge < -0.3 is 4.42 Å². The van der Waals surface area contributed by atoms with E-state index in [0.29, 0.717) is 5.92 Å². The van der Waals surface area contributed by atoms with Gasteiger partial charge in [-0.25, -0.2) is 0 Å². The van der Waals surface area contributed by atoms with Gasteiger partial charge in [0.15, 0.2) is 0 Å². The van der Waals surface area contributed by atoms with E-state index in [-0.39, 0.29) is 0 Å². The zero-order valence-electron chi connectivity index (χ0n) is 10.7. The number of furan rings is 1. The van der Waals surface area contributed by atoms with Gasteiger partial charge in [0.1, 0.15) is 11.3 Å². The molecular weight excluding hydrogens is 220 g/mol. The molecule has 0 bridgehead atoms. The molecule has 0 aliphatic carbocycles. The van der Waals surface area contributed by atoms with Gasteiger partial charge in [-0.1, -0.05) is 62.4 Å². The van der Waals surface area contributed by atoms with Gasteiger partial charge in [-0.15, -0.1) is 0 Å². The maximum atomic E-state index is 6.05. The molecule has 2 aromatic carbocycles. The number of fused-ring (bicyclic) bond motifs is 1. The first-order chi connectivity index (χ1) is 8.75. The zero-order chi connectivity index (χ0) is 12.5. The maximum absolute atomic E-state index is 6.05. The fourth-order valence-electron chi connectivity index (χ4n) is 2.28. The van der Waals surface area contributed by atoms with E-state index in [2.05, 4.69) is 50.2 Å². The molecule has 90 valence electrons. The molecule has 0 N–H and O–H groups in total. The van der Waals surface area contributed by atoms with Gasteiger partial charge in [-0.05, 0) is 17.5 Å². The lowest BCUT2D eigenvalue weighted by atomic mass is 10.0. The molecule has 0 spiro atoms. The molecule has 3 rings (SSSR count). The quantitative estimate of drug-likeness (QED) is 0.594. The Hall–Kier alpha value is -2.02. The Bertz CT molecular complexity index is 662. The predicted octanol–water partition coefficient (Wildman–Crippen LogP) is 5.22. The lowest BCUT2D eigenvalue weighted by molar-refractivity contribution is 0.622. The monoisotopic (exact) mass is 236 g/mol. The SMILES string of the molecule is CC(C)c1cccc2cc(-c3ccccc3)oc12. The van der Waals surface area contributed by atoms with Crippen LogP contribution in [0, 0.1) is 0 Å². The van der Waals surface area contributed by atoms with Gasteiger partial charge in [-0.2, -0.15) is 0 Å². The topological polar surface area (TPSA) is 13.1 Å². The molecule has 0 saturated carbocycles. The van der Waals surface area contributed by atoms with Crippen LogP contribution in [0.15, 0.2) is 59.0 Å². The van der Waals surface area contributed by atoms with Gasteiger partial charge >= 0.3 is 0 Å². The molecule has 0 amide bonds. The summed E-state index contributed by atoms with van der Waals surface area (Å²) in [5.74, 6) is 1.42. The van der Waals surface area contributed by atoms with Gasteiger partial charge in [0.2, 0.25) is 0 Å². The Labute approximate surface area is 107 Å². The third-order valence-corrected chi connectivity index (χ3v) is 3.25. The molecule has 1 nitrogen and oxygen atoms in total. The molecular formula is C17H16O. The summed E-state index contributed by atoms with van der Waals surface area (Å²) in [6.45, 7) is 4.39. The van der Waals surface area contributed by atoms with Crippen molar-refractivity contribution in [3.8, 4) is 11.3 Å². The fourth-order valence-corrected chi connectivity index (χ4v) is 2.28. The van der Waals surface area contributed by atoms with Crippen LogP contribution in [0.1, 0.15) is 25.3 Å². The van der Waals surface area contributed by atoms with Gasteiger partial charge in [-0.3, -0.25) is 0 Å². The van der Waals surface area contributed by atoms with Gasteiger partial charge in [0.05, 0.1) is 0 Å². The van der Waals surface area contributed by atoms with E-state index < -0.39 is 0 Å². The van der Waals surface area contributed by atoms with Crippen LogP contribution in [0.2, 0.25) is 0 Å². The number of rotatable bonds is 2. The van der Waals surface area contributed by atoms with E-state index in [4.69, 9.17) is 4.42 Å². The van der Waals surface area contributed by atoms with E-state index in [9.17, 15) is 0 Å². The summed E-state index contributed by atoms with van der Waals surface area (Å²) in [6, 6.07) is 18.7. The highest BCUT2D eigenvalue weighted by atomic mass is 16.3. The summed E-state index contributed by atoms with van der Waals surface area (Å²) in [6.07, 6.45) is 0. The smallest absolute Gasteiger partial charge is 0.138 e. The minimum atomic E-state index is 0.475. The molecule has 0 unspecified atom stereocenters. The van der Waals surface area contributed by atoms with Crippen molar-refractivity contribution in [1.29, 1.82) is 0 Å². The van der Waals surface area contributed by atoms with Crippen molar-refractivity contribution in [3.63, 3.8) is 0 Å². The number of hydrogen-bond donors (Lipinski definition) is 0. The minimum Gasteiger partial charge on any atom is -0.456 e. The van der Waals surface area contributed by atoms with Crippen LogP contribution in [0.4, 0.5) is 0 Å². The van der Waals surface area contributed by atoms with E-state index in [0.717, 1.165) is 16.9 Å². The van der Waals surface area contributed by atoms with Gasteiger partial charge in [0.25, 0.3) is 0 Å². The lowest BCUT2D eigenvalue weighted by Gasteiger charge is -2.04. The van der Waals surface area contributed by atoms with Crippen molar-refractivity contribution in [2.24, 2.45) is 0 Å². The predicted molar refractivity (Wildman–Crippen MR) is 75.7 cm³/mol. The molecule has 3 aromatic rings. The third-order valence-electron chi connectivity index (χ3n) is 3.25. The Morgan fingerprint density at radius 2 is 1.67 bits per heavy atom. The number of hydrogen-bond acceptors (Lipinski definition) is 1. The summed E-state index contributed by atoms with van der Waals surface area (Å²) in [5.41, 5.74) is 3.42. The highest BCUT2D eigenvalue weighted by molar-refractivity contribution is 5.85. The van der Waals surface area contributed by atoms with E-state index in [1.807, 2.05) is 18.2 Å². The Morgan fingerprint density at radius 3 is 2.39 bits per heavy atom. The maximum Gasteiger partial charge on any atom is 0.138 e. The van der Waals surface area contributed by atoms with E-state index in [1.54, 1.807) is 0 Å². The highest BCUT2D eigenvalue weighted by Gasteiger charge is 2.11. The standard InChI is InChI=1S/C17H16O/c1-12(2)15-10-6-9-14-11-16(18-17(14)15)13-7-4-3-5-8-13/h3-12H,1-2H3. The Balaban J connectivity index is 2.20. The number of para-hydroxylation sites is 1. The molecule has 1 heterocycles. The van der Waals surface area contributed by atoms with Crippen LogP contribution in [-0.4, -0.2) is 0 Å². The van der Waals surface area contributed by atoms with Crippen molar-refractivity contribution in [2.75, 3.05) is 0 Å². The van der Waals surface area contributed by atoms with Crippen LogP contribution in [0.3, 0.4) is 0 Å². The van der Waals surface area contributed by atoms with Crippen LogP contribution < -0.4 is 0 Å². The van der Waals surface area contributed by atoms with Crippen molar-refractivity contribution >= 4 is 11.0 Å². The first kappa shape index (κ1) is 11.1. The van der Waals surface area contributed by atoms with Gasteiger partial charge in [0, 0.05) is 10.9 Å².